The Morgan fingerprint density at radius 3 is 2.43 bits per heavy atom. The molecular weight excluding hydrogens is 356 g/mol. The van der Waals surface area contributed by atoms with Gasteiger partial charge in [-0.15, -0.1) is 0 Å². The van der Waals surface area contributed by atoms with Crippen molar-refractivity contribution in [3.05, 3.63) is 76.8 Å². The summed E-state index contributed by atoms with van der Waals surface area (Å²) in [6.45, 7) is 0.524. The van der Waals surface area contributed by atoms with Crippen molar-refractivity contribution >= 4 is 32.7 Å². The molecular formula is C19H15BrO3. The van der Waals surface area contributed by atoms with E-state index in [0.29, 0.717) is 12.2 Å². The van der Waals surface area contributed by atoms with Crippen LogP contribution in [-0.4, -0.2) is 19.2 Å². The van der Waals surface area contributed by atoms with Gasteiger partial charge in [-0.3, -0.25) is 0 Å². The molecule has 3 aromatic rings. The van der Waals surface area contributed by atoms with Gasteiger partial charge in [0.2, 0.25) is 0 Å². The van der Waals surface area contributed by atoms with Gasteiger partial charge < -0.3 is 9.47 Å². The molecule has 0 radical (unpaired) electrons. The minimum atomic E-state index is -0.332. The third kappa shape index (κ3) is 3.90. The van der Waals surface area contributed by atoms with Crippen LogP contribution in [0.1, 0.15) is 10.4 Å². The molecule has 4 heteroatoms. The van der Waals surface area contributed by atoms with Gasteiger partial charge in [-0.25, -0.2) is 4.79 Å². The Hall–Kier alpha value is -2.33. The van der Waals surface area contributed by atoms with Gasteiger partial charge in [0.15, 0.2) is 0 Å². The summed E-state index contributed by atoms with van der Waals surface area (Å²) in [7, 11) is 0. The lowest BCUT2D eigenvalue weighted by Crippen LogP contribution is -2.12. The highest BCUT2D eigenvalue weighted by molar-refractivity contribution is 9.10. The Labute approximate surface area is 143 Å². The quantitative estimate of drug-likeness (QED) is 0.476. The maximum Gasteiger partial charge on any atom is 0.338 e. The van der Waals surface area contributed by atoms with Crippen LogP contribution in [0, 0.1) is 0 Å². The smallest absolute Gasteiger partial charge is 0.338 e. The molecule has 0 aromatic heterocycles. The van der Waals surface area contributed by atoms with Crippen LogP contribution in [0.15, 0.2) is 71.2 Å². The zero-order chi connectivity index (χ0) is 16.1. The van der Waals surface area contributed by atoms with Crippen molar-refractivity contribution in [3.8, 4) is 5.75 Å². The van der Waals surface area contributed by atoms with Gasteiger partial charge in [0, 0.05) is 4.47 Å². The first-order chi connectivity index (χ1) is 11.2. The van der Waals surface area contributed by atoms with E-state index in [2.05, 4.69) is 15.9 Å². The van der Waals surface area contributed by atoms with E-state index in [1.807, 2.05) is 60.7 Å². The molecule has 0 amide bonds. The minimum absolute atomic E-state index is 0.206. The van der Waals surface area contributed by atoms with E-state index in [1.54, 1.807) is 6.07 Å². The summed E-state index contributed by atoms with van der Waals surface area (Å²) in [6, 6.07) is 20.9. The third-order valence-electron chi connectivity index (χ3n) is 3.41. The van der Waals surface area contributed by atoms with Gasteiger partial charge in [-0.05, 0) is 41.1 Å². The largest absolute Gasteiger partial charge is 0.490 e. The normalized spacial score (nSPS) is 10.5. The Morgan fingerprint density at radius 2 is 1.61 bits per heavy atom. The van der Waals surface area contributed by atoms with E-state index in [4.69, 9.17) is 9.47 Å². The van der Waals surface area contributed by atoms with Crippen LogP contribution in [0.4, 0.5) is 0 Å². The predicted octanol–water partition coefficient (Wildman–Crippen LogP) is 4.84. The molecule has 0 heterocycles. The van der Waals surface area contributed by atoms with Gasteiger partial charge in [0.1, 0.15) is 19.0 Å². The number of carbonyl (C=O) groups is 1. The molecule has 3 rings (SSSR count). The predicted molar refractivity (Wildman–Crippen MR) is 93.9 cm³/mol. The molecule has 0 saturated carbocycles. The van der Waals surface area contributed by atoms with Crippen LogP contribution < -0.4 is 4.74 Å². The number of hydrogen-bond donors (Lipinski definition) is 0. The second kappa shape index (κ2) is 7.29. The Bertz CT molecular complexity index is 807. The number of carbonyl (C=O) groups excluding carboxylic acids is 1. The molecule has 0 aliphatic carbocycles. The molecule has 0 N–H and O–H groups in total. The van der Waals surface area contributed by atoms with E-state index in [1.165, 1.54) is 0 Å². The molecule has 0 atom stereocenters. The molecule has 0 aliphatic rings. The van der Waals surface area contributed by atoms with E-state index in [-0.39, 0.29) is 12.6 Å². The van der Waals surface area contributed by atoms with Gasteiger partial charge in [-0.1, -0.05) is 52.3 Å². The van der Waals surface area contributed by atoms with Crippen molar-refractivity contribution in [2.24, 2.45) is 0 Å². The standard InChI is InChI=1S/C19H15BrO3/c20-15-8-10-16(11-9-15)22-12-13-23-19(21)18-7-3-5-14-4-1-2-6-17(14)18/h1-11H,12-13H2. The van der Waals surface area contributed by atoms with E-state index in [9.17, 15) is 4.79 Å². The highest BCUT2D eigenvalue weighted by atomic mass is 79.9. The van der Waals surface area contributed by atoms with Crippen LogP contribution in [0.25, 0.3) is 10.8 Å². The maximum absolute atomic E-state index is 12.2. The Morgan fingerprint density at radius 1 is 0.870 bits per heavy atom. The lowest BCUT2D eigenvalue weighted by molar-refractivity contribution is 0.0452. The monoisotopic (exact) mass is 370 g/mol. The summed E-state index contributed by atoms with van der Waals surface area (Å²) in [5.41, 5.74) is 0.576. The molecule has 0 aliphatic heterocycles. The zero-order valence-corrected chi connectivity index (χ0v) is 14.0. The lowest BCUT2D eigenvalue weighted by Gasteiger charge is -2.09. The van der Waals surface area contributed by atoms with Crippen molar-refractivity contribution in [2.75, 3.05) is 13.2 Å². The molecule has 0 saturated heterocycles. The van der Waals surface area contributed by atoms with Crippen LogP contribution >= 0.6 is 15.9 Å². The van der Waals surface area contributed by atoms with Gasteiger partial charge >= 0.3 is 5.97 Å². The summed E-state index contributed by atoms with van der Waals surface area (Å²) in [5.74, 6) is 0.413. The van der Waals surface area contributed by atoms with Crippen molar-refractivity contribution in [1.29, 1.82) is 0 Å². The summed E-state index contributed by atoms with van der Waals surface area (Å²) in [6.07, 6.45) is 0. The molecule has 0 bridgehead atoms. The van der Waals surface area contributed by atoms with E-state index >= 15 is 0 Å². The fraction of sp³-hybridized carbons (Fsp3) is 0.105. The highest BCUT2D eigenvalue weighted by Gasteiger charge is 2.10. The van der Waals surface area contributed by atoms with Crippen molar-refractivity contribution in [1.82, 2.24) is 0 Å². The number of benzene rings is 3. The van der Waals surface area contributed by atoms with Crippen LogP contribution in [0.2, 0.25) is 0 Å². The topological polar surface area (TPSA) is 35.5 Å². The fourth-order valence-corrected chi connectivity index (χ4v) is 2.57. The summed E-state index contributed by atoms with van der Waals surface area (Å²) in [4.78, 5) is 12.2. The first kappa shape index (κ1) is 15.6. The highest BCUT2D eigenvalue weighted by Crippen LogP contribution is 2.19. The van der Waals surface area contributed by atoms with Gasteiger partial charge in [-0.2, -0.15) is 0 Å². The molecule has 0 fully saturated rings. The van der Waals surface area contributed by atoms with Crippen molar-refractivity contribution in [2.45, 2.75) is 0 Å². The molecule has 3 aromatic carbocycles. The Balaban J connectivity index is 1.57. The Kier molecular flexibility index (Phi) is 4.93. The van der Waals surface area contributed by atoms with E-state index < -0.39 is 0 Å². The zero-order valence-electron chi connectivity index (χ0n) is 12.4. The van der Waals surface area contributed by atoms with Gasteiger partial charge in [0.05, 0.1) is 5.56 Å². The fourth-order valence-electron chi connectivity index (χ4n) is 2.31. The average Bonchev–Trinajstić information content (AvgIpc) is 2.59. The summed E-state index contributed by atoms with van der Waals surface area (Å²) < 4.78 is 11.8. The molecule has 0 unspecified atom stereocenters. The van der Waals surface area contributed by atoms with Crippen LogP contribution in [0.3, 0.4) is 0 Å². The SMILES string of the molecule is O=C(OCCOc1ccc(Br)cc1)c1cccc2ccccc12. The number of fused-ring (bicyclic) bond motifs is 1. The second-order valence-electron chi connectivity index (χ2n) is 4.97. The van der Waals surface area contributed by atoms with Crippen molar-refractivity contribution in [3.63, 3.8) is 0 Å². The molecule has 0 spiro atoms. The number of halogens is 1. The van der Waals surface area contributed by atoms with Gasteiger partial charge in [0.25, 0.3) is 0 Å². The first-order valence-corrected chi connectivity index (χ1v) is 8.06. The average molecular weight is 371 g/mol. The first-order valence-electron chi connectivity index (χ1n) is 7.27. The van der Waals surface area contributed by atoms with Crippen LogP contribution in [-0.2, 0) is 4.74 Å². The minimum Gasteiger partial charge on any atom is -0.490 e. The molecule has 3 nitrogen and oxygen atoms in total. The summed E-state index contributed by atoms with van der Waals surface area (Å²) >= 11 is 3.37. The number of esters is 1. The number of ether oxygens (including phenoxy) is 2. The molecule has 116 valence electrons. The second-order valence-corrected chi connectivity index (χ2v) is 5.88. The van der Waals surface area contributed by atoms with Crippen LogP contribution in [0.5, 0.6) is 5.75 Å². The molecule has 23 heavy (non-hydrogen) atoms. The summed E-state index contributed by atoms with van der Waals surface area (Å²) in [5, 5.41) is 1.92. The third-order valence-corrected chi connectivity index (χ3v) is 3.94. The lowest BCUT2D eigenvalue weighted by atomic mass is 10.1. The van der Waals surface area contributed by atoms with E-state index in [0.717, 1.165) is 21.0 Å². The number of hydrogen-bond acceptors (Lipinski definition) is 3. The van der Waals surface area contributed by atoms with Crippen molar-refractivity contribution < 1.29 is 14.3 Å². The maximum atomic E-state index is 12.2. The number of rotatable bonds is 5.